The summed E-state index contributed by atoms with van der Waals surface area (Å²) in [4.78, 5) is 0. The Balaban J connectivity index is 2.09. The van der Waals surface area contributed by atoms with E-state index in [0.29, 0.717) is 5.41 Å². The van der Waals surface area contributed by atoms with E-state index in [-0.39, 0.29) is 5.92 Å². The molecule has 1 fully saturated rings. The summed E-state index contributed by atoms with van der Waals surface area (Å²) in [6.45, 7) is 4.66. The minimum Gasteiger partial charge on any atom is -0.385 e. The van der Waals surface area contributed by atoms with Crippen LogP contribution >= 0.6 is 0 Å². The van der Waals surface area contributed by atoms with Gasteiger partial charge in [0.25, 0.3) is 0 Å². The van der Waals surface area contributed by atoms with E-state index in [2.05, 4.69) is 11.4 Å². The molecule has 3 nitrogen and oxygen atoms in total. The highest BCUT2D eigenvalue weighted by atomic mass is 16.5. The van der Waals surface area contributed by atoms with E-state index in [4.69, 9.17) is 10.00 Å². The number of rotatable bonds is 7. The van der Waals surface area contributed by atoms with Gasteiger partial charge in [-0.1, -0.05) is 0 Å². The standard InChI is InChI=1S/C11H20N2O/c1-10(7-12)8-13-9-11(3-4-11)5-6-14-2/h10,13H,3-6,8-9H2,1-2H3. The fourth-order valence-corrected chi connectivity index (χ4v) is 1.61. The van der Waals surface area contributed by atoms with Crippen LogP contribution in [0.5, 0.6) is 0 Å². The van der Waals surface area contributed by atoms with Gasteiger partial charge in [-0.3, -0.25) is 0 Å². The highest BCUT2D eigenvalue weighted by molar-refractivity contribution is 4.95. The average molecular weight is 196 g/mol. The summed E-state index contributed by atoms with van der Waals surface area (Å²) in [5.41, 5.74) is 0.491. The Morgan fingerprint density at radius 2 is 2.29 bits per heavy atom. The Labute approximate surface area is 86.4 Å². The lowest BCUT2D eigenvalue weighted by molar-refractivity contribution is 0.171. The highest BCUT2D eigenvalue weighted by Crippen LogP contribution is 2.48. The van der Waals surface area contributed by atoms with Gasteiger partial charge < -0.3 is 10.1 Å². The van der Waals surface area contributed by atoms with Gasteiger partial charge in [0, 0.05) is 26.8 Å². The quantitative estimate of drug-likeness (QED) is 0.672. The Morgan fingerprint density at radius 1 is 1.57 bits per heavy atom. The van der Waals surface area contributed by atoms with E-state index >= 15 is 0 Å². The highest BCUT2D eigenvalue weighted by Gasteiger charge is 2.41. The molecule has 1 aliphatic rings. The minimum atomic E-state index is 0.119. The lowest BCUT2D eigenvalue weighted by Gasteiger charge is -2.15. The second kappa shape index (κ2) is 5.33. The fraction of sp³-hybridized carbons (Fsp3) is 0.909. The van der Waals surface area contributed by atoms with Crippen molar-refractivity contribution in [2.24, 2.45) is 11.3 Å². The zero-order valence-electron chi connectivity index (χ0n) is 9.18. The lowest BCUT2D eigenvalue weighted by atomic mass is 10.0. The van der Waals surface area contributed by atoms with Crippen LogP contribution in [0.3, 0.4) is 0 Å². The SMILES string of the molecule is COCCC1(CNCC(C)C#N)CC1. The third kappa shape index (κ3) is 3.65. The molecule has 1 rings (SSSR count). The van der Waals surface area contributed by atoms with Crippen LogP contribution in [0.1, 0.15) is 26.2 Å². The first-order chi connectivity index (χ1) is 6.72. The summed E-state index contributed by atoms with van der Waals surface area (Å²) < 4.78 is 5.09. The average Bonchev–Trinajstić information content (AvgIpc) is 2.95. The maximum absolute atomic E-state index is 8.61. The number of ether oxygens (including phenoxy) is 1. The van der Waals surface area contributed by atoms with Crippen LogP contribution in [-0.4, -0.2) is 26.8 Å². The molecule has 0 aliphatic heterocycles. The van der Waals surface area contributed by atoms with Gasteiger partial charge in [0.2, 0.25) is 0 Å². The number of nitrogens with zero attached hydrogens (tertiary/aromatic N) is 1. The van der Waals surface area contributed by atoms with Gasteiger partial charge in [0.1, 0.15) is 0 Å². The van der Waals surface area contributed by atoms with Gasteiger partial charge in [-0.05, 0) is 31.6 Å². The molecule has 0 aromatic rings. The van der Waals surface area contributed by atoms with Crippen molar-refractivity contribution in [2.75, 3.05) is 26.8 Å². The van der Waals surface area contributed by atoms with Crippen LogP contribution in [-0.2, 0) is 4.74 Å². The summed E-state index contributed by atoms with van der Waals surface area (Å²) >= 11 is 0. The summed E-state index contributed by atoms with van der Waals surface area (Å²) in [6, 6.07) is 2.23. The van der Waals surface area contributed by atoms with Gasteiger partial charge >= 0.3 is 0 Å². The zero-order chi connectivity index (χ0) is 10.4. The zero-order valence-corrected chi connectivity index (χ0v) is 9.18. The molecule has 1 aliphatic carbocycles. The van der Waals surface area contributed by atoms with Gasteiger partial charge in [-0.2, -0.15) is 5.26 Å². The van der Waals surface area contributed by atoms with Crippen molar-refractivity contribution in [3.63, 3.8) is 0 Å². The van der Waals surface area contributed by atoms with E-state index in [9.17, 15) is 0 Å². The first kappa shape index (κ1) is 11.5. The van der Waals surface area contributed by atoms with Crippen LogP contribution in [0.15, 0.2) is 0 Å². The first-order valence-corrected chi connectivity index (χ1v) is 5.32. The third-order valence-electron chi connectivity index (χ3n) is 2.96. The van der Waals surface area contributed by atoms with Crippen molar-refractivity contribution in [1.82, 2.24) is 5.32 Å². The monoisotopic (exact) mass is 196 g/mol. The van der Waals surface area contributed by atoms with Crippen molar-refractivity contribution in [3.05, 3.63) is 0 Å². The largest absolute Gasteiger partial charge is 0.385 e. The number of nitrogens with one attached hydrogen (secondary N) is 1. The van der Waals surface area contributed by atoms with Crippen molar-refractivity contribution in [3.8, 4) is 6.07 Å². The van der Waals surface area contributed by atoms with Crippen molar-refractivity contribution in [2.45, 2.75) is 26.2 Å². The summed E-state index contributed by atoms with van der Waals surface area (Å²) in [5, 5.41) is 12.0. The molecule has 0 aromatic carbocycles. The summed E-state index contributed by atoms with van der Waals surface area (Å²) in [6.07, 6.45) is 3.77. The van der Waals surface area contributed by atoms with E-state index in [1.54, 1.807) is 7.11 Å². The molecule has 1 N–H and O–H groups in total. The van der Waals surface area contributed by atoms with Gasteiger partial charge in [-0.15, -0.1) is 0 Å². The van der Waals surface area contributed by atoms with Crippen molar-refractivity contribution < 1.29 is 4.74 Å². The predicted molar refractivity (Wildman–Crippen MR) is 55.8 cm³/mol. The second-order valence-electron chi connectivity index (χ2n) is 4.40. The molecule has 3 heteroatoms. The maximum atomic E-state index is 8.61. The van der Waals surface area contributed by atoms with Crippen LogP contribution < -0.4 is 5.32 Å². The molecule has 0 saturated heterocycles. The van der Waals surface area contributed by atoms with Crippen LogP contribution in [0.25, 0.3) is 0 Å². The van der Waals surface area contributed by atoms with Crippen LogP contribution in [0.4, 0.5) is 0 Å². The number of methoxy groups -OCH3 is 1. The minimum absolute atomic E-state index is 0.119. The molecular formula is C11H20N2O. The van der Waals surface area contributed by atoms with Gasteiger partial charge in [-0.25, -0.2) is 0 Å². The normalized spacial score (nSPS) is 20.1. The second-order valence-corrected chi connectivity index (χ2v) is 4.40. The number of hydrogen-bond donors (Lipinski definition) is 1. The molecule has 0 spiro atoms. The van der Waals surface area contributed by atoms with E-state index < -0.39 is 0 Å². The molecule has 0 amide bonds. The number of hydrogen-bond acceptors (Lipinski definition) is 3. The lowest BCUT2D eigenvalue weighted by Crippen LogP contribution is -2.28. The first-order valence-electron chi connectivity index (χ1n) is 5.32. The molecule has 0 heterocycles. The van der Waals surface area contributed by atoms with E-state index in [1.165, 1.54) is 12.8 Å². The fourth-order valence-electron chi connectivity index (χ4n) is 1.61. The van der Waals surface area contributed by atoms with E-state index in [1.807, 2.05) is 6.92 Å². The third-order valence-corrected chi connectivity index (χ3v) is 2.96. The van der Waals surface area contributed by atoms with Gasteiger partial charge in [0.05, 0.1) is 12.0 Å². The molecule has 1 saturated carbocycles. The molecule has 0 radical (unpaired) electrons. The van der Waals surface area contributed by atoms with E-state index in [0.717, 1.165) is 26.1 Å². The molecule has 1 unspecified atom stereocenters. The molecule has 0 bridgehead atoms. The molecule has 80 valence electrons. The molecule has 14 heavy (non-hydrogen) atoms. The van der Waals surface area contributed by atoms with Gasteiger partial charge in [0.15, 0.2) is 0 Å². The summed E-state index contributed by atoms with van der Waals surface area (Å²) in [7, 11) is 1.75. The molecule has 0 aromatic heterocycles. The van der Waals surface area contributed by atoms with Crippen LogP contribution in [0, 0.1) is 22.7 Å². The molecular weight excluding hydrogens is 176 g/mol. The Bertz CT molecular complexity index is 206. The number of nitriles is 1. The molecule has 1 atom stereocenters. The van der Waals surface area contributed by atoms with Crippen LogP contribution in [0.2, 0.25) is 0 Å². The topological polar surface area (TPSA) is 45.0 Å². The van der Waals surface area contributed by atoms with Crippen molar-refractivity contribution >= 4 is 0 Å². The Morgan fingerprint density at radius 3 is 2.79 bits per heavy atom. The Kier molecular flexibility index (Phi) is 4.37. The maximum Gasteiger partial charge on any atom is 0.0666 e. The predicted octanol–water partition coefficient (Wildman–Crippen LogP) is 1.55. The van der Waals surface area contributed by atoms with Crippen molar-refractivity contribution in [1.29, 1.82) is 5.26 Å². The Hall–Kier alpha value is -0.590. The summed E-state index contributed by atoms with van der Waals surface area (Å²) in [5.74, 6) is 0.119. The smallest absolute Gasteiger partial charge is 0.0666 e.